The van der Waals surface area contributed by atoms with Gasteiger partial charge in [-0.25, -0.2) is 0 Å². The van der Waals surface area contributed by atoms with Gasteiger partial charge in [0.25, 0.3) is 0 Å². The quantitative estimate of drug-likeness (QED) is 0.173. The van der Waals surface area contributed by atoms with Gasteiger partial charge in [-0.1, -0.05) is 24.8 Å². The minimum absolute atomic E-state index is 0.399. The number of rotatable bonds is 5. The molecule has 6 heteroatoms. The second-order valence-electron chi connectivity index (χ2n) is 9.16. The number of nitrogens with zero attached hydrogens (tertiary/aromatic N) is 6. The molecule has 0 atom stereocenters. The molecular weight excluding hydrogens is 504 g/mol. The summed E-state index contributed by atoms with van der Waals surface area (Å²) in [7, 11) is 0. The van der Waals surface area contributed by atoms with Gasteiger partial charge in [-0.15, -0.1) is 0 Å². The maximum atomic E-state index is 9.49. The first-order chi connectivity index (χ1) is 20.0. The molecule has 0 spiro atoms. The van der Waals surface area contributed by atoms with Crippen LogP contribution >= 0.6 is 0 Å². The lowest BCUT2D eigenvalue weighted by Crippen LogP contribution is -1.88. The lowest BCUT2D eigenvalue weighted by molar-refractivity contribution is 1.29. The van der Waals surface area contributed by atoms with Crippen LogP contribution in [0.5, 0.6) is 0 Å². The zero-order chi connectivity index (χ0) is 28.9. The molecule has 5 aromatic rings. The first-order valence-corrected chi connectivity index (χ1v) is 12.4. The third-order valence-corrected chi connectivity index (χ3v) is 6.68. The van der Waals surface area contributed by atoms with E-state index in [1.165, 1.54) is 0 Å². The van der Waals surface area contributed by atoms with E-state index in [0.717, 1.165) is 44.1 Å². The second-order valence-corrected chi connectivity index (χ2v) is 9.16. The number of benzene rings is 4. The normalized spacial score (nSPS) is 11.0. The summed E-state index contributed by atoms with van der Waals surface area (Å²) < 4.78 is 1.99. The van der Waals surface area contributed by atoms with Crippen molar-refractivity contribution < 1.29 is 0 Å². The lowest BCUT2D eigenvalue weighted by atomic mass is 9.97. The van der Waals surface area contributed by atoms with E-state index in [4.69, 9.17) is 0 Å². The Bertz CT molecular complexity index is 1980. The van der Waals surface area contributed by atoms with Crippen LogP contribution in [-0.4, -0.2) is 4.57 Å². The van der Waals surface area contributed by atoms with Crippen molar-refractivity contribution in [2.45, 2.75) is 0 Å². The third kappa shape index (κ3) is 4.95. The molecule has 0 unspecified atom stereocenters. The highest BCUT2D eigenvalue weighted by atomic mass is 15.0. The topological polar surface area (TPSA) is 124 Å². The minimum atomic E-state index is 0.399. The fourth-order valence-corrected chi connectivity index (χ4v) is 4.83. The Morgan fingerprint density at radius 3 is 1.39 bits per heavy atom. The number of aromatic nitrogens is 1. The molecule has 188 valence electrons. The molecule has 41 heavy (non-hydrogen) atoms. The average Bonchev–Trinajstić information content (AvgIpc) is 3.34. The highest BCUT2D eigenvalue weighted by molar-refractivity contribution is 6.11. The van der Waals surface area contributed by atoms with E-state index in [-0.39, 0.29) is 0 Å². The van der Waals surface area contributed by atoms with Crippen LogP contribution in [0.4, 0.5) is 0 Å². The van der Waals surface area contributed by atoms with E-state index in [2.05, 4.69) is 36.9 Å². The molecule has 0 saturated carbocycles. The molecule has 0 aliphatic rings. The van der Waals surface area contributed by atoms with Gasteiger partial charge in [0.1, 0.15) is 0 Å². The zero-order valence-corrected chi connectivity index (χ0v) is 21.6. The summed E-state index contributed by atoms with van der Waals surface area (Å²) in [5.74, 6) is 0. The molecular formula is C35H18N6. The van der Waals surface area contributed by atoms with Crippen molar-refractivity contribution in [3.63, 3.8) is 0 Å². The molecule has 0 fully saturated rings. The van der Waals surface area contributed by atoms with Gasteiger partial charge in [0.05, 0.1) is 69.2 Å². The highest BCUT2D eigenvalue weighted by Crippen LogP contribution is 2.36. The van der Waals surface area contributed by atoms with Crippen LogP contribution in [0.2, 0.25) is 0 Å². The van der Waals surface area contributed by atoms with Gasteiger partial charge in [0.2, 0.25) is 0 Å². The van der Waals surface area contributed by atoms with Crippen LogP contribution in [0.25, 0.3) is 50.3 Å². The van der Waals surface area contributed by atoms with Crippen LogP contribution < -0.4 is 0 Å². The molecule has 0 saturated heterocycles. The molecule has 0 amide bonds. The van der Waals surface area contributed by atoms with Gasteiger partial charge in [-0.05, 0) is 95.1 Å². The third-order valence-electron chi connectivity index (χ3n) is 6.68. The summed E-state index contributed by atoms with van der Waals surface area (Å²) in [6.45, 7) is 3.67. The molecule has 0 N–H and O–H groups in total. The number of allylic oxidation sites excluding steroid dienone is 4. The Labute approximate surface area is 236 Å². The van der Waals surface area contributed by atoms with E-state index in [0.29, 0.717) is 27.8 Å². The molecule has 4 aromatic carbocycles. The van der Waals surface area contributed by atoms with Crippen molar-refractivity contribution in [1.29, 1.82) is 26.3 Å². The van der Waals surface area contributed by atoms with Gasteiger partial charge in [0.15, 0.2) is 0 Å². The van der Waals surface area contributed by atoms with E-state index in [1.807, 2.05) is 47.2 Å². The van der Waals surface area contributed by atoms with Crippen molar-refractivity contribution in [2.75, 3.05) is 0 Å². The molecule has 0 aliphatic carbocycles. The molecule has 0 bridgehead atoms. The molecule has 5 rings (SSSR count). The van der Waals surface area contributed by atoms with E-state index in [1.54, 1.807) is 54.6 Å². The molecule has 1 heterocycles. The smallest absolute Gasteiger partial charge is 0.0992 e. The Morgan fingerprint density at radius 2 is 1.02 bits per heavy atom. The van der Waals surface area contributed by atoms with Crippen LogP contribution in [0.1, 0.15) is 22.3 Å². The van der Waals surface area contributed by atoms with E-state index >= 15 is 0 Å². The maximum absolute atomic E-state index is 9.49. The zero-order valence-electron chi connectivity index (χ0n) is 21.6. The summed E-state index contributed by atoms with van der Waals surface area (Å²) in [5, 5.41) is 49.2. The van der Waals surface area contributed by atoms with Gasteiger partial charge in [-0.2, -0.15) is 26.3 Å². The predicted octanol–water partition coefficient (Wildman–Crippen LogP) is 7.72. The minimum Gasteiger partial charge on any atom is -0.316 e. The Balaban J connectivity index is 1.80. The SMILES string of the molecule is C=C/C=C(C#N)\C=C/n1c2ccc(-c3cc(C#N)cc(C#N)c3)cc2c2cc(-c3cc(C#N)cc(C#N)c3)ccc21. The van der Waals surface area contributed by atoms with E-state index in [9.17, 15) is 26.3 Å². The summed E-state index contributed by atoms with van der Waals surface area (Å²) in [6, 6.07) is 32.6. The molecule has 6 nitrogen and oxygen atoms in total. The van der Waals surface area contributed by atoms with Crippen LogP contribution in [0, 0.1) is 56.7 Å². The fourth-order valence-electron chi connectivity index (χ4n) is 4.83. The molecule has 0 radical (unpaired) electrons. The van der Waals surface area contributed by atoms with Crippen LogP contribution in [-0.2, 0) is 0 Å². The summed E-state index contributed by atoms with van der Waals surface area (Å²) in [6.07, 6.45) is 6.73. The number of hydrogen-bond acceptors (Lipinski definition) is 5. The summed E-state index contributed by atoms with van der Waals surface area (Å²) >= 11 is 0. The van der Waals surface area contributed by atoms with Crippen molar-refractivity contribution in [3.8, 4) is 52.6 Å². The van der Waals surface area contributed by atoms with Gasteiger partial charge in [-0.3, -0.25) is 0 Å². The van der Waals surface area contributed by atoms with Crippen molar-refractivity contribution in [2.24, 2.45) is 0 Å². The summed E-state index contributed by atoms with van der Waals surface area (Å²) in [5.41, 5.74) is 6.97. The number of fused-ring (bicyclic) bond motifs is 3. The monoisotopic (exact) mass is 522 g/mol. The second kappa shape index (κ2) is 11.0. The van der Waals surface area contributed by atoms with Crippen molar-refractivity contribution in [3.05, 3.63) is 125 Å². The molecule has 1 aromatic heterocycles. The highest BCUT2D eigenvalue weighted by Gasteiger charge is 2.14. The van der Waals surface area contributed by atoms with Crippen molar-refractivity contribution in [1.82, 2.24) is 4.57 Å². The standard InChI is InChI=1S/C35H18N6/c1-2-3-23(18-36)8-9-41-34-6-4-28(30-12-24(19-37)10-25(13-30)20-38)16-32(34)33-17-29(5-7-35(33)41)31-14-26(21-39)11-27(15-31)22-40/h2-17H,1H2/b9-8-,23-3+. The first-order valence-electron chi connectivity index (χ1n) is 12.4. The fraction of sp³-hybridized carbons (Fsp3) is 0. The largest absolute Gasteiger partial charge is 0.316 e. The summed E-state index contributed by atoms with van der Waals surface area (Å²) in [4.78, 5) is 0. The van der Waals surface area contributed by atoms with Crippen LogP contribution in [0.3, 0.4) is 0 Å². The van der Waals surface area contributed by atoms with Gasteiger partial charge in [0, 0.05) is 17.0 Å². The van der Waals surface area contributed by atoms with E-state index < -0.39 is 0 Å². The van der Waals surface area contributed by atoms with Crippen molar-refractivity contribution >= 4 is 28.0 Å². The van der Waals surface area contributed by atoms with Gasteiger partial charge < -0.3 is 4.57 Å². The number of nitriles is 5. The lowest BCUT2D eigenvalue weighted by Gasteiger charge is -2.05. The average molecular weight is 523 g/mol. The molecule has 0 aliphatic heterocycles. The Kier molecular flexibility index (Phi) is 6.96. The Morgan fingerprint density at radius 1 is 0.585 bits per heavy atom. The predicted molar refractivity (Wildman–Crippen MR) is 158 cm³/mol. The maximum Gasteiger partial charge on any atom is 0.0992 e. The van der Waals surface area contributed by atoms with Crippen LogP contribution in [0.15, 0.2) is 103 Å². The first kappa shape index (κ1) is 26.0. The Hall–Kier alpha value is -6.65. The number of hydrogen-bond donors (Lipinski definition) is 0. The van der Waals surface area contributed by atoms with Gasteiger partial charge >= 0.3 is 0 Å².